The van der Waals surface area contributed by atoms with E-state index in [-0.39, 0.29) is 11.4 Å². The third-order valence-corrected chi connectivity index (χ3v) is 4.59. The van der Waals surface area contributed by atoms with Crippen molar-refractivity contribution in [1.29, 1.82) is 0 Å². The Bertz CT molecular complexity index is 491. The van der Waals surface area contributed by atoms with Crippen LogP contribution in [-0.2, 0) is 11.2 Å². The van der Waals surface area contributed by atoms with Gasteiger partial charge in [-0.05, 0) is 31.9 Å². The fourth-order valence-corrected chi connectivity index (χ4v) is 2.77. The summed E-state index contributed by atoms with van der Waals surface area (Å²) in [5, 5.41) is 0. The van der Waals surface area contributed by atoms with Gasteiger partial charge in [0, 0.05) is 38.3 Å². The zero-order valence-corrected chi connectivity index (χ0v) is 13.4. The molecule has 0 unspecified atom stereocenters. The number of aryl methyl sites for hydroxylation is 1. The quantitative estimate of drug-likeness (QED) is 0.912. The minimum absolute atomic E-state index is 0.0190. The van der Waals surface area contributed by atoms with Gasteiger partial charge in [-0.1, -0.05) is 24.3 Å². The first kappa shape index (κ1) is 16.0. The Labute approximate surface area is 127 Å². The van der Waals surface area contributed by atoms with Crippen molar-refractivity contribution in [2.45, 2.75) is 32.7 Å². The van der Waals surface area contributed by atoms with Gasteiger partial charge in [-0.3, -0.25) is 9.69 Å². The first-order valence-electron chi connectivity index (χ1n) is 7.71. The molecule has 1 saturated heterocycles. The van der Waals surface area contributed by atoms with Gasteiger partial charge in [0.25, 0.3) is 0 Å². The molecule has 1 aliphatic heterocycles. The molecule has 2 rings (SSSR count). The number of benzene rings is 1. The summed E-state index contributed by atoms with van der Waals surface area (Å²) in [5.74, 6) is 0.231. The fourth-order valence-electron chi connectivity index (χ4n) is 2.77. The summed E-state index contributed by atoms with van der Waals surface area (Å²) in [6, 6.07) is 8.11. The molecule has 4 heteroatoms. The topological polar surface area (TPSA) is 49.6 Å². The number of hydrogen-bond acceptors (Lipinski definition) is 3. The molecule has 1 aromatic carbocycles. The third-order valence-electron chi connectivity index (χ3n) is 4.59. The van der Waals surface area contributed by atoms with Crippen LogP contribution in [0.25, 0.3) is 0 Å². The Balaban J connectivity index is 1.91. The van der Waals surface area contributed by atoms with Gasteiger partial charge in [-0.2, -0.15) is 0 Å². The molecule has 1 aliphatic rings. The standard InChI is InChI=1S/C17H27N3O/c1-14-6-4-5-7-15(14)12-16(21)19-8-10-20(11-9-19)17(2,3)13-18/h4-7H,8-13,18H2,1-3H3. The number of piperazine rings is 1. The molecule has 2 N–H and O–H groups in total. The molecular formula is C17H27N3O. The number of carbonyl (C=O) groups excluding carboxylic acids is 1. The number of carbonyl (C=O) groups is 1. The second-order valence-electron chi connectivity index (χ2n) is 6.49. The van der Waals surface area contributed by atoms with E-state index in [0.29, 0.717) is 13.0 Å². The lowest BCUT2D eigenvalue weighted by Crippen LogP contribution is -2.58. The van der Waals surface area contributed by atoms with Crippen LogP contribution in [0.3, 0.4) is 0 Å². The average Bonchev–Trinajstić information content (AvgIpc) is 2.49. The second-order valence-corrected chi connectivity index (χ2v) is 6.49. The molecule has 0 saturated carbocycles. The smallest absolute Gasteiger partial charge is 0.227 e. The summed E-state index contributed by atoms with van der Waals surface area (Å²) >= 11 is 0. The van der Waals surface area contributed by atoms with Crippen molar-refractivity contribution in [3.8, 4) is 0 Å². The summed E-state index contributed by atoms with van der Waals surface area (Å²) in [7, 11) is 0. The van der Waals surface area contributed by atoms with Crippen molar-refractivity contribution in [2.75, 3.05) is 32.7 Å². The van der Waals surface area contributed by atoms with Gasteiger partial charge >= 0.3 is 0 Å². The second kappa shape index (κ2) is 6.58. The van der Waals surface area contributed by atoms with E-state index in [9.17, 15) is 4.79 Å². The molecule has 4 nitrogen and oxygen atoms in total. The predicted octanol–water partition coefficient (Wildman–Crippen LogP) is 1.42. The zero-order chi connectivity index (χ0) is 15.5. The summed E-state index contributed by atoms with van der Waals surface area (Å²) in [5.41, 5.74) is 8.17. The highest BCUT2D eigenvalue weighted by Crippen LogP contribution is 2.16. The molecule has 0 aliphatic carbocycles. The average molecular weight is 289 g/mol. The van der Waals surface area contributed by atoms with E-state index in [0.717, 1.165) is 31.7 Å². The van der Waals surface area contributed by atoms with Crippen molar-refractivity contribution in [3.63, 3.8) is 0 Å². The molecule has 0 bridgehead atoms. The molecule has 1 heterocycles. The minimum atomic E-state index is 0.0190. The number of rotatable bonds is 4. The van der Waals surface area contributed by atoms with E-state index in [2.05, 4.69) is 31.7 Å². The molecule has 116 valence electrons. The Morgan fingerprint density at radius 1 is 1.19 bits per heavy atom. The van der Waals surface area contributed by atoms with Gasteiger partial charge in [-0.25, -0.2) is 0 Å². The maximum atomic E-state index is 12.4. The van der Waals surface area contributed by atoms with Crippen LogP contribution in [0.4, 0.5) is 0 Å². The summed E-state index contributed by atoms with van der Waals surface area (Å²) < 4.78 is 0. The van der Waals surface area contributed by atoms with Gasteiger partial charge < -0.3 is 10.6 Å². The van der Waals surface area contributed by atoms with E-state index < -0.39 is 0 Å². The summed E-state index contributed by atoms with van der Waals surface area (Å²) in [6.45, 7) is 10.4. The number of hydrogen-bond donors (Lipinski definition) is 1. The van der Waals surface area contributed by atoms with Crippen molar-refractivity contribution in [3.05, 3.63) is 35.4 Å². The van der Waals surface area contributed by atoms with Gasteiger partial charge in [0.15, 0.2) is 0 Å². The molecule has 0 aromatic heterocycles. The van der Waals surface area contributed by atoms with Gasteiger partial charge in [-0.15, -0.1) is 0 Å². The molecule has 0 radical (unpaired) electrons. The Morgan fingerprint density at radius 2 is 1.81 bits per heavy atom. The summed E-state index contributed by atoms with van der Waals surface area (Å²) in [6.07, 6.45) is 0.507. The molecule has 1 aromatic rings. The van der Waals surface area contributed by atoms with Crippen LogP contribution < -0.4 is 5.73 Å². The van der Waals surface area contributed by atoms with E-state index in [1.54, 1.807) is 0 Å². The van der Waals surface area contributed by atoms with Crippen LogP contribution >= 0.6 is 0 Å². The van der Waals surface area contributed by atoms with E-state index >= 15 is 0 Å². The van der Waals surface area contributed by atoms with Crippen LogP contribution in [0.1, 0.15) is 25.0 Å². The van der Waals surface area contributed by atoms with E-state index in [1.165, 1.54) is 5.56 Å². The van der Waals surface area contributed by atoms with Crippen LogP contribution in [0, 0.1) is 6.92 Å². The molecule has 1 fully saturated rings. The zero-order valence-electron chi connectivity index (χ0n) is 13.4. The highest BCUT2D eigenvalue weighted by molar-refractivity contribution is 5.79. The van der Waals surface area contributed by atoms with Gasteiger partial charge in [0.2, 0.25) is 5.91 Å². The third kappa shape index (κ3) is 3.83. The largest absolute Gasteiger partial charge is 0.340 e. The number of nitrogens with two attached hydrogens (primary N) is 1. The van der Waals surface area contributed by atoms with E-state index in [4.69, 9.17) is 5.73 Å². The molecule has 0 spiro atoms. The van der Waals surface area contributed by atoms with E-state index in [1.807, 2.05) is 23.1 Å². The van der Waals surface area contributed by atoms with Crippen molar-refractivity contribution >= 4 is 5.91 Å². The molecular weight excluding hydrogens is 262 g/mol. The lowest BCUT2D eigenvalue weighted by atomic mass is 10.0. The molecule has 1 amide bonds. The lowest BCUT2D eigenvalue weighted by molar-refractivity contribution is -0.133. The lowest BCUT2D eigenvalue weighted by Gasteiger charge is -2.43. The van der Waals surface area contributed by atoms with Gasteiger partial charge in [0.1, 0.15) is 0 Å². The minimum Gasteiger partial charge on any atom is -0.340 e. The Morgan fingerprint density at radius 3 is 2.38 bits per heavy atom. The first-order chi connectivity index (χ1) is 9.94. The monoisotopic (exact) mass is 289 g/mol. The van der Waals surface area contributed by atoms with Gasteiger partial charge in [0.05, 0.1) is 6.42 Å². The number of nitrogens with zero attached hydrogens (tertiary/aromatic N) is 2. The van der Waals surface area contributed by atoms with Crippen molar-refractivity contribution in [1.82, 2.24) is 9.80 Å². The summed E-state index contributed by atoms with van der Waals surface area (Å²) in [4.78, 5) is 16.8. The Kier molecular flexibility index (Phi) is 5.01. The normalized spacial score (nSPS) is 17.0. The van der Waals surface area contributed by atoms with Crippen molar-refractivity contribution < 1.29 is 4.79 Å². The highest BCUT2D eigenvalue weighted by Gasteiger charge is 2.30. The first-order valence-corrected chi connectivity index (χ1v) is 7.71. The van der Waals surface area contributed by atoms with Crippen LogP contribution in [0.15, 0.2) is 24.3 Å². The number of amides is 1. The van der Waals surface area contributed by atoms with Crippen molar-refractivity contribution in [2.24, 2.45) is 5.73 Å². The Hall–Kier alpha value is -1.39. The SMILES string of the molecule is Cc1ccccc1CC(=O)N1CCN(C(C)(C)CN)CC1. The maximum Gasteiger partial charge on any atom is 0.227 e. The van der Waals surface area contributed by atoms with Crippen LogP contribution in [0.2, 0.25) is 0 Å². The van der Waals surface area contributed by atoms with Crippen LogP contribution in [-0.4, -0.2) is 54.0 Å². The molecule has 21 heavy (non-hydrogen) atoms. The van der Waals surface area contributed by atoms with Crippen LogP contribution in [0.5, 0.6) is 0 Å². The maximum absolute atomic E-state index is 12.4. The fraction of sp³-hybridized carbons (Fsp3) is 0.588. The predicted molar refractivity (Wildman–Crippen MR) is 86.2 cm³/mol. The highest BCUT2D eigenvalue weighted by atomic mass is 16.2. The molecule has 0 atom stereocenters.